The minimum Gasteiger partial charge on any atom is -0.309 e. The molecule has 0 bridgehead atoms. The van der Waals surface area contributed by atoms with Crippen molar-refractivity contribution in [1.29, 1.82) is 5.26 Å². The van der Waals surface area contributed by atoms with Gasteiger partial charge in [-0.05, 0) is 35.4 Å². The lowest BCUT2D eigenvalue weighted by Gasteiger charge is -2.08. The van der Waals surface area contributed by atoms with Crippen molar-refractivity contribution in [2.45, 2.75) is 13.1 Å². The van der Waals surface area contributed by atoms with Gasteiger partial charge in [0.15, 0.2) is 0 Å². The number of nitrogens with one attached hydrogen (secondary N) is 1. The fourth-order valence-corrected chi connectivity index (χ4v) is 2.20. The normalized spacial score (nSPS) is 10.3. The van der Waals surface area contributed by atoms with Crippen molar-refractivity contribution in [1.82, 2.24) is 5.32 Å². The standard InChI is InChI=1S/C15H11Cl2FN2/c16-13-5-10(7-19)1-3-12(13)9-20-8-11-2-4-15(18)14(17)6-11/h1-6,20H,8-9H2. The van der Waals surface area contributed by atoms with Crippen LogP contribution in [0.15, 0.2) is 36.4 Å². The van der Waals surface area contributed by atoms with Gasteiger partial charge in [0.25, 0.3) is 0 Å². The number of benzene rings is 2. The molecule has 0 spiro atoms. The molecule has 0 aliphatic heterocycles. The first-order chi connectivity index (χ1) is 9.60. The second kappa shape index (κ2) is 6.71. The van der Waals surface area contributed by atoms with Gasteiger partial charge in [-0.15, -0.1) is 0 Å². The number of nitriles is 1. The zero-order valence-electron chi connectivity index (χ0n) is 10.5. The number of rotatable bonds is 4. The maximum atomic E-state index is 13.0. The number of halogens is 3. The molecule has 0 aliphatic rings. The second-order valence-corrected chi connectivity index (χ2v) is 5.08. The SMILES string of the molecule is N#Cc1ccc(CNCc2ccc(F)c(Cl)c2)c(Cl)c1. The second-order valence-electron chi connectivity index (χ2n) is 4.27. The molecular weight excluding hydrogens is 298 g/mol. The van der Waals surface area contributed by atoms with E-state index in [-0.39, 0.29) is 5.02 Å². The Morgan fingerprint density at radius 1 is 1.05 bits per heavy atom. The van der Waals surface area contributed by atoms with Crippen LogP contribution in [-0.4, -0.2) is 0 Å². The third-order valence-electron chi connectivity index (χ3n) is 2.81. The topological polar surface area (TPSA) is 35.8 Å². The van der Waals surface area contributed by atoms with Crippen molar-refractivity contribution < 1.29 is 4.39 Å². The van der Waals surface area contributed by atoms with E-state index in [1.165, 1.54) is 6.07 Å². The van der Waals surface area contributed by atoms with E-state index in [0.717, 1.165) is 11.1 Å². The number of hydrogen-bond acceptors (Lipinski definition) is 2. The maximum Gasteiger partial charge on any atom is 0.141 e. The highest BCUT2D eigenvalue weighted by atomic mass is 35.5. The first-order valence-corrected chi connectivity index (χ1v) is 6.69. The maximum absolute atomic E-state index is 13.0. The molecule has 2 aromatic rings. The lowest BCUT2D eigenvalue weighted by atomic mass is 10.1. The average molecular weight is 309 g/mol. The van der Waals surface area contributed by atoms with Crippen molar-refractivity contribution in [3.63, 3.8) is 0 Å². The summed E-state index contributed by atoms with van der Waals surface area (Å²) in [6, 6.07) is 11.8. The Hall–Kier alpha value is -1.60. The molecule has 102 valence electrons. The van der Waals surface area contributed by atoms with Crippen molar-refractivity contribution in [3.05, 3.63) is 69.0 Å². The fourth-order valence-electron chi connectivity index (χ4n) is 1.75. The van der Waals surface area contributed by atoms with Crippen LogP contribution < -0.4 is 5.32 Å². The Labute approximate surface area is 126 Å². The zero-order chi connectivity index (χ0) is 14.5. The van der Waals surface area contributed by atoms with Crippen LogP contribution in [0.5, 0.6) is 0 Å². The molecule has 2 aromatic carbocycles. The molecule has 0 aromatic heterocycles. The summed E-state index contributed by atoms with van der Waals surface area (Å²) in [4.78, 5) is 0. The van der Waals surface area contributed by atoms with Crippen LogP contribution in [0, 0.1) is 17.1 Å². The van der Waals surface area contributed by atoms with Crippen LogP contribution >= 0.6 is 23.2 Å². The molecule has 0 heterocycles. The third kappa shape index (κ3) is 3.71. The summed E-state index contributed by atoms with van der Waals surface area (Å²) in [6.45, 7) is 1.11. The van der Waals surface area contributed by atoms with Gasteiger partial charge < -0.3 is 5.32 Å². The molecule has 2 rings (SSSR count). The average Bonchev–Trinajstić information content (AvgIpc) is 2.44. The van der Waals surface area contributed by atoms with Gasteiger partial charge in [0, 0.05) is 18.1 Å². The Balaban J connectivity index is 1.96. The third-order valence-corrected chi connectivity index (χ3v) is 3.45. The summed E-state index contributed by atoms with van der Waals surface area (Å²) >= 11 is 11.8. The summed E-state index contributed by atoms with van der Waals surface area (Å²) in [7, 11) is 0. The summed E-state index contributed by atoms with van der Waals surface area (Å²) in [6.07, 6.45) is 0. The van der Waals surface area contributed by atoms with Gasteiger partial charge in [-0.3, -0.25) is 0 Å². The molecule has 0 fully saturated rings. The summed E-state index contributed by atoms with van der Waals surface area (Å²) < 4.78 is 13.0. The van der Waals surface area contributed by atoms with Gasteiger partial charge in [0.1, 0.15) is 5.82 Å². The molecule has 0 atom stereocenters. The Kier molecular flexibility index (Phi) is 4.97. The smallest absolute Gasteiger partial charge is 0.141 e. The van der Waals surface area contributed by atoms with E-state index >= 15 is 0 Å². The van der Waals surface area contributed by atoms with Crippen molar-refractivity contribution in [3.8, 4) is 6.07 Å². The Morgan fingerprint density at radius 2 is 1.85 bits per heavy atom. The highest BCUT2D eigenvalue weighted by Crippen LogP contribution is 2.18. The molecule has 20 heavy (non-hydrogen) atoms. The van der Waals surface area contributed by atoms with E-state index in [2.05, 4.69) is 5.32 Å². The monoisotopic (exact) mass is 308 g/mol. The van der Waals surface area contributed by atoms with E-state index in [0.29, 0.717) is 23.7 Å². The minimum atomic E-state index is -0.425. The predicted molar refractivity (Wildman–Crippen MR) is 78.1 cm³/mol. The van der Waals surface area contributed by atoms with Gasteiger partial charge in [-0.25, -0.2) is 4.39 Å². The van der Waals surface area contributed by atoms with Gasteiger partial charge in [0.05, 0.1) is 16.7 Å². The molecule has 0 amide bonds. The molecule has 0 aliphatic carbocycles. The molecule has 0 saturated heterocycles. The summed E-state index contributed by atoms with van der Waals surface area (Å²) in [5, 5.41) is 12.6. The van der Waals surface area contributed by atoms with Crippen LogP contribution in [0.25, 0.3) is 0 Å². The van der Waals surface area contributed by atoms with Crippen molar-refractivity contribution in [2.24, 2.45) is 0 Å². The van der Waals surface area contributed by atoms with E-state index in [1.54, 1.807) is 24.3 Å². The first-order valence-electron chi connectivity index (χ1n) is 5.93. The Bertz CT molecular complexity index is 665. The van der Waals surface area contributed by atoms with E-state index < -0.39 is 5.82 Å². The molecular formula is C15H11Cl2FN2. The molecule has 0 unspecified atom stereocenters. The van der Waals surface area contributed by atoms with Crippen LogP contribution in [0.4, 0.5) is 4.39 Å². The van der Waals surface area contributed by atoms with E-state index in [4.69, 9.17) is 28.5 Å². The minimum absolute atomic E-state index is 0.112. The van der Waals surface area contributed by atoms with Gasteiger partial charge in [-0.1, -0.05) is 35.3 Å². The molecule has 1 N–H and O–H groups in total. The first kappa shape index (κ1) is 14.8. The lowest BCUT2D eigenvalue weighted by Crippen LogP contribution is -2.13. The van der Waals surface area contributed by atoms with Crippen LogP contribution in [-0.2, 0) is 13.1 Å². The zero-order valence-corrected chi connectivity index (χ0v) is 12.0. The van der Waals surface area contributed by atoms with Crippen molar-refractivity contribution in [2.75, 3.05) is 0 Å². The fraction of sp³-hybridized carbons (Fsp3) is 0.133. The predicted octanol–water partition coefficient (Wildman–Crippen LogP) is 4.29. The summed E-state index contributed by atoms with van der Waals surface area (Å²) in [5.41, 5.74) is 2.32. The molecule has 5 heteroatoms. The molecule has 0 saturated carbocycles. The van der Waals surface area contributed by atoms with Crippen LogP contribution in [0.1, 0.15) is 16.7 Å². The quantitative estimate of drug-likeness (QED) is 0.914. The summed E-state index contributed by atoms with van der Waals surface area (Å²) in [5.74, 6) is -0.425. The largest absolute Gasteiger partial charge is 0.309 e. The van der Waals surface area contributed by atoms with E-state index in [1.807, 2.05) is 12.1 Å². The van der Waals surface area contributed by atoms with Gasteiger partial charge in [0.2, 0.25) is 0 Å². The van der Waals surface area contributed by atoms with Crippen LogP contribution in [0.3, 0.4) is 0 Å². The van der Waals surface area contributed by atoms with E-state index in [9.17, 15) is 4.39 Å². The highest BCUT2D eigenvalue weighted by Gasteiger charge is 2.03. The van der Waals surface area contributed by atoms with Gasteiger partial charge in [-0.2, -0.15) is 5.26 Å². The van der Waals surface area contributed by atoms with Crippen molar-refractivity contribution >= 4 is 23.2 Å². The van der Waals surface area contributed by atoms with Crippen LogP contribution in [0.2, 0.25) is 10.0 Å². The molecule has 2 nitrogen and oxygen atoms in total. The highest BCUT2D eigenvalue weighted by molar-refractivity contribution is 6.31. The Morgan fingerprint density at radius 3 is 2.50 bits per heavy atom. The number of hydrogen-bond donors (Lipinski definition) is 1. The molecule has 0 radical (unpaired) electrons. The lowest BCUT2D eigenvalue weighted by molar-refractivity contribution is 0.625. The number of nitrogens with zero attached hydrogens (tertiary/aromatic N) is 1. The van der Waals surface area contributed by atoms with Gasteiger partial charge >= 0.3 is 0 Å².